The van der Waals surface area contributed by atoms with Gasteiger partial charge in [0, 0.05) is 10.1 Å². The fourth-order valence-electron chi connectivity index (χ4n) is 1.48. The third-order valence-electron chi connectivity index (χ3n) is 2.49. The molecule has 1 N–H and O–H groups in total. The molecule has 0 aliphatic rings. The lowest BCUT2D eigenvalue weighted by molar-refractivity contribution is -0.136. The van der Waals surface area contributed by atoms with Crippen LogP contribution in [0, 0.1) is 13.8 Å². The largest absolute Gasteiger partial charge is 0.481 e. The Hall–Kier alpha value is -0.960. The maximum absolute atomic E-state index is 10.7. The molecule has 0 saturated carbocycles. The van der Waals surface area contributed by atoms with E-state index < -0.39 is 5.97 Å². The van der Waals surface area contributed by atoms with Gasteiger partial charge in [0.2, 0.25) is 0 Å². The highest BCUT2D eigenvalue weighted by Crippen LogP contribution is 2.30. The van der Waals surface area contributed by atoms with Crippen LogP contribution in [0.2, 0.25) is 0 Å². The Balaban J connectivity index is 2.77. The molecule has 16 heavy (non-hydrogen) atoms. The number of hydrogen-bond donors (Lipinski definition) is 1. The van der Waals surface area contributed by atoms with E-state index in [0.29, 0.717) is 0 Å². The smallest absolute Gasteiger partial charge is 0.304 e. The summed E-state index contributed by atoms with van der Waals surface area (Å²) in [4.78, 5) is 11.9. The quantitative estimate of drug-likeness (QED) is 0.796. The van der Waals surface area contributed by atoms with Gasteiger partial charge in [-0.05, 0) is 31.9 Å². The van der Waals surface area contributed by atoms with Crippen LogP contribution >= 0.6 is 11.8 Å². The summed E-state index contributed by atoms with van der Waals surface area (Å²) in [5.74, 6) is -0.718. The SMILES string of the molecule is CCC(CC(=O)O)Sc1cc(C)ccc1C. The average molecular weight is 238 g/mol. The van der Waals surface area contributed by atoms with Crippen LogP contribution in [-0.4, -0.2) is 16.3 Å². The minimum Gasteiger partial charge on any atom is -0.481 e. The summed E-state index contributed by atoms with van der Waals surface area (Å²) in [5, 5.41) is 8.97. The van der Waals surface area contributed by atoms with Gasteiger partial charge in [-0.1, -0.05) is 24.6 Å². The Labute approximate surface area is 101 Å². The normalized spacial score (nSPS) is 12.4. The third kappa shape index (κ3) is 3.89. The fourth-order valence-corrected chi connectivity index (χ4v) is 2.74. The van der Waals surface area contributed by atoms with Crippen LogP contribution in [0.25, 0.3) is 0 Å². The zero-order valence-electron chi connectivity index (χ0n) is 9.99. The van der Waals surface area contributed by atoms with Gasteiger partial charge in [-0.3, -0.25) is 4.79 Å². The lowest BCUT2D eigenvalue weighted by atomic mass is 10.2. The molecular formula is C13H18O2S. The molecule has 0 saturated heterocycles. The van der Waals surface area contributed by atoms with Gasteiger partial charge in [0.05, 0.1) is 6.42 Å². The van der Waals surface area contributed by atoms with Gasteiger partial charge in [0.1, 0.15) is 0 Å². The van der Waals surface area contributed by atoms with E-state index in [4.69, 9.17) is 5.11 Å². The van der Waals surface area contributed by atoms with E-state index in [1.165, 1.54) is 16.0 Å². The van der Waals surface area contributed by atoms with Crippen molar-refractivity contribution in [2.24, 2.45) is 0 Å². The second-order valence-electron chi connectivity index (χ2n) is 4.01. The molecule has 88 valence electrons. The molecule has 1 aromatic carbocycles. The number of rotatable bonds is 5. The number of aliphatic carboxylic acids is 1. The molecule has 1 atom stereocenters. The van der Waals surface area contributed by atoms with Crippen molar-refractivity contribution in [3.8, 4) is 0 Å². The molecular weight excluding hydrogens is 220 g/mol. The molecule has 0 aliphatic heterocycles. The number of carboxylic acids is 1. The Morgan fingerprint density at radius 1 is 1.44 bits per heavy atom. The second kappa shape index (κ2) is 5.94. The molecule has 0 heterocycles. The van der Waals surface area contributed by atoms with Crippen LogP contribution in [0.1, 0.15) is 30.9 Å². The molecule has 1 rings (SSSR count). The highest BCUT2D eigenvalue weighted by molar-refractivity contribution is 8.00. The van der Waals surface area contributed by atoms with Crippen molar-refractivity contribution in [1.82, 2.24) is 0 Å². The summed E-state index contributed by atoms with van der Waals surface area (Å²) >= 11 is 1.68. The molecule has 2 nitrogen and oxygen atoms in total. The minimum absolute atomic E-state index is 0.165. The molecule has 0 amide bonds. The highest BCUT2D eigenvalue weighted by atomic mass is 32.2. The van der Waals surface area contributed by atoms with E-state index in [0.717, 1.165) is 6.42 Å². The zero-order valence-corrected chi connectivity index (χ0v) is 10.8. The van der Waals surface area contributed by atoms with E-state index in [1.54, 1.807) is 11.8 Å². The first kappa shape index (κ1) is 13.1. The summed E-state index contributed by atoms with van der Waals surface area (Å²) < 4.78 is 0. The topological polar surface area (TPSA) is 37.3 Å². The standard InChI is InChI=1S/C13H18O2S/c1-4-11(8-13(14)15)16-12-7-9(2)5-6-10(12)3/h5-7,11H,4,8H2,1-3H3,(H,14,15). The summed E-state index contributed by atoms with van der Waals surface area (Å²) in [5.41, 5.74) is 2.44. The van der Waals surface area contributed by atoms with Crippen molar-refractivity contribution in [2.45, 2.75) is 43.8 Å². The van der Waals surface area contributed by atoms with Gasteiger partial charge in [0.25, 0.3) is 0 Å². The predicted octanol–water partition coefficient (Wildman–Crippen LogP) is 3.65. The van der Waals surface area contributed by atoms with Crippen molar-refractivity contribution in [3.05, 3.63) is 29.3 Å². The molecule has 0 spiro atoms. The maximum atomic E-state index is 10.7. The van der Waals surface area contributed by atoms with Crippen molar-refractivity contribution in [2.75, 3.05) is 0 Å². The highest BCUT2D eigenvalue weighted by Gasteiger charge is 2.13. The average Bonchev–Trinajstić information content (AvgIpc) is 2.21. The van der Waals surface area contributed by atoms with Crippen LogP contribution in [0.4, 0.5) is 0 Å². The first-order valence-corrected chi connectivity index (χ1v) is 6.36. The maximum Gasteiger partial charge on any atom is 0.304 e. The monoisotopic (exact) mass is 238 g/mol. The molecule has 0 fully saturated rings. The summed E-state index contributed by atoms with van der Waals surface area (Å²) in [7, 11) is 0. The number of hydrogen-bond acceptors (Lipinski definition) is 2. The van der Waals surface area contributed by atoms with Gasteiger partial charge >= 0.3 is 5.97 Å². The van der Waals surface area contributed by atoms with Gasteiger partial charge in [-0.15, -0.1) is 11.8 Å². The van der Waals surface area contributed by atoms with Crippen LogP contribution < -0.4 is 0 Å². The Morgan fingerprint density at radius 3 is 2.69 bits per heavy atom. The number of aryl methyl sites for hydroxylation is 2. The lowest BCUT2D eigenvalue weighted by Crippen LogP contribution is -2.08. The Morgan fingerprint density at radius 2 is 2.12 bits per heavy atom. The molecule has 1 unspecified atom stereocenters. The van der Waals surface area contributed by atoms with Crippen molar-refractivity contribution < 1.29 is 9.90 Å². The molecule has 3 heteroatoms. The summed E-state index contributed by atoms with van der Waals surface area (Å²) in [6.07, 6.45) is 1.11. The number of carboxylic acid groups (broad SMARTS) is 1. The van der Waals surface area contributed by atoms with Crippen LogP contribution in [0.5, 0.6) is 0 Å². The lowest BCUT2D eigenvalue weighted by Gasteiger charge is -2.14. The molecule has 0 aliphatic carbocycles. The predicted molar refractivity (Wildman–Crippen MR) is 68.1 cm³/mol. The van der Waals surface area contributed by atoms with E-state index in [9.17, 15) is 4.79 Å². The van der Waals surface area contributed by atoms with Gasteiger partial charge in [-0.25, -0.2) is 0 Å². The van der Waals surface area contributed by atoms with Gasteiger partial charge in [0.15, 0.2) is 0 Å². The van der Waals surface area contributed by atoms with E-state index in [2.05, 4.69) is 32.0 Å². The van der Waals surface area contributed by atoms with Crippen LogP contribution in [-0.2, 0) is 4.79 Å². The van der Waals surface area contributed by atoms with E-state index in [-0.39, 0.29) is 11.7 Å². The molecule has 0 aromatic heterocycles. The van der Waals surface area contributed by atoms with E-state index >= 15 is 0 Å². The zero-order chi connectivity index (χ0) is 12.1. The Kier molecular flexibility index (Phi) is 4.87. The van der Waals surface area contributed by atoms with Crippen molar-refractivity contribution >= 4 is 17.7 Å². The first-order valence-electron chi connectivity index (χ1n) is 5.48. The van der Waals surface area contributed by atoms with Gasteiger partial charge < -0.3 is 5.11 Å². The third-order valence-corrected chi connectivity index (χ3v) is 4.02. The second-order valence-corrected chi connectivity index (χ2v) is 5.36. The van der Waals surface area contributed by atoms with E-state index in [1.807, 2.05) is 6.92 Å². The van der Waals surface area contributed by atoms with Crippen LogP contribution in [0.15, 0.2) is 23.1 Å². The summed E-state index contributed by atoms with van der Waals surface area (Å²) in [6, 6.07) is 6.30. The van der Waals surface area contributed by atoms with Crippen LogP contribution in [0.3, 0.4) is 0 Å². The first-order chi connectivity index (χ1) is 7.52. The minimum atomic E-state index is -0.718. The molecule has 1 aromatic rings. The molecule has 0 radical (unpaired) electrons. The number of thioether (sulfide) groups is 1. The number of benzene rings is 1. The summed E-state index contributed by atoms with van der Waals surface area (Å²) in [6.45, 7) is 6.16. The van der Waals surface area contributed by atoms with Crippen molar-refractivity contribution in [3.63, 3.8) is 0 Å². The van der Waals surface area contributed by atoms with Gasteiger partial charge in [-0.2, -0.15) is 0 Å². The van der Waals surface area contributed by atoms with Crippen molar-refractivity contribution in [1.29, 1.82) is 0 Å². The fraction of sp³-hybridized carbons (Fsp3) is 0.462. The Bertz CT molecular complexity index is 374. The number of carbonyl (C=O) groups is 1. The molecule has 0 bridgehead atoms.